The lowest BCUT2D eigenvalue weighted by atomic mass is 9.99. The molecule has 5 heteroatoms. The second-order valence-corrected chi connectivity index (χ2v) is 7.47. The van der Waals surface area contributed by atoms with E-state index in [9.17, 15) is 9.59 Å². The van der Waals surface area contributed by atoms with Crippen LogP contribution in [0.15, 0.2) is 24.3 Å². The highest BCUT2D eigenvalue weighted by Gasteiger charge is 2.35. The maximum atomic E-state index is 12.8. The summed E-state index contributed by atoms with van der Waals surface area (Å²) in [5.41, 5.74) is 1.31. The van der Waals surface area contributed by atoms with Crippen molar-refractivity contribution in [2.75, 3.05) is 11.9 Å². The standard InChI is InChI=1S/C19H25N3O2/c1-22(19(24)12-6-7-12)17-5-3-2-4-16(17)18(23)21-15-10-13-8-9-14(11-15)20-13/h2-5,12-15,20H,6-11H2,1H3,(H,21,23). The molecule has 1 aromatic carbocycles. The van der Waals surface area contributed by atoms with E-state index in [-0.39, 0.29) is 23.8 Å². The number of amides is 2. The van der Waals surface area contributed by atoms with Crippen LogP contribution in [0.2, 0.25) is 0 Å². The van der Waals surface area contributed by atoms with Gasteiger partial charge in [0.05, 0.1) is 11.3 Å². The molecule has 1 saturated carbocycles. The molecule has 1 aliphatic carbocycles. The average Bonchev–Trinajstić information content (AvgIpc) is 3.38. The second-order valence-electron chi connectivity index (χ2n) is 7.47. The summed E-state index contributed by atoms with van der Waals surface area (Å²) in [4.78, 5) is 26.8. The number of nitrogens with zero attached hydrogens (tertiary/aromatic N) is 1. The number of hydrogen-bond donors (Lipinski definition) is 2. The number of piperidine rings is 1. The SMILES string of the molecule is CN(C(=O)C1CC1)c1ccccc1C(=O)NC1CC2CCC(C1)N2. The third-order valence-electron chi connectivity index (χ3n) is 5.58. The molecule has 2 N–H and O–H groups in total. The van der Waals surface area contributed by atoms with Crippen LogP contribution >= 0.6 is 0 Å². The molecule has 3 aliphatic rings. The van der Waals surface area contributed by atoms with Crippen molar-refractivity contribution in [2.45, 2.75) is 56.7 Å². The van der Waals surface area contributed by atoms with Crippen LogP contribution in [0.4, 0.5) is 5.69 Å². The van der Waals surface area contributed by atoms with Gasteiger partial charge >= 0.3 is 0 Å². The van der Waals surface area contributed by atoms with Crippen molar-refractivity contribution in [1.82, 2.24) is 10.6 Å². The Balaban J connectivity index is 1.48. The van der Waals surface area contributed by atoms with Crippen LogP contribution in [0.5, 0.6) is 0 Å². The number of anilines is 1. The molecule has 24 heavy (non-hydrogen) atoms. The Labute approximate surface area is 142 Å². The summed E-state index contributed by atoms with van der Waals surface area (Å²) >= 11 is 0. The second kappa shape index (κ2) is 6.20. The van der Waals surface area contributed by atoms with Crippen LogP contribution in [-0.2, 0) is 4.79 Å². The first kappa shape index (κ1) is 15.6. The molecule has 2 heterocycles. The summed E-state index contributed by atoms with van der Waals surface area (Å²) in [6.07, 6.45) is 6.37. The van der Waals surface area contributed by atoms with Crippen LogP contribution in [0.1, 0.15) is 48.9 Å². The third-order valence-corrected chi connectivity index (χ3v) is 5.58. The van der Waals surface area contributed by atoms with Gasteiger partial charge in [0.25, 0.3) is 5.91 Å². The molecule has 3 fully saturated rings. The van der Waals surface area contributed by atoms with Gasteiger partial charge in [-0.2, -0.15) is 0 Å². The fraction of sp³-hybridized carbons (Fsp3) is 0.579. The van der Waals surface area contributed by atoms with Crippen LogP contribution in [-0.4, -0.2) is 37.0 Å². The first-order valence-electron chi connectivity index (χ1n) is 9.05. The summed E-state index contributed by atoms with van der Waals surface area (Å²) in [5, 5.41) is 6.79. The Bertz CT molecular complexity index is 644. The molecule has 1 aromatic rings. The van der Waals surface area contributed by atoms with Gasteiger partial charge in [0.15, 0.2) is 0 Å². The molecule has 2 saturated heterocycles. The fourth-order valence-corrected chi connectivity index (χ4v) is 4.12. The first-order chi connectivity index (χ1) is 11.6. The molecule has 4 rings (SSSR count). The zero-order chi connectivity index (χ0) is 16.7. The summed E-state index contributed by atoms with van der Waals surface area (Å²) < 4.78 is 0. The van der Waals surface area contributed by atoms with E-state index < -0.39 is 0 Å². The van der Waals surface area contributed by atoms with E-state index in [1.165, 1.54) is 12.8 Å². The molecule has 2 unspecified atom stereocenters. The van der Waals surface area contributed by atoms with Crippen molar-refractivity contribution in [3.8, 4) is 0 Å². The first-order valence-corrected chi connectivity index (χ1v) is 9.05. The van der Waals surface area contributed by atoms with Gasteiger partial charge in [-0.15, -0.1) is 0 Å². The van der Waals surface area contributed by atoms with E-state index in [1.807, 2.05) is 24.3 Å². The fourth-order valence-electron chi connectivity index (χ4n) is 4.12. The van der Waals surface area contributed by atoms with Crippen molar-refractivity contribution in [3.05, 3.63) is 29.8 Å². The number of carbonyl (C=O) groups is 2. The number of hydrogen-bond acceptors (Lipinski definition) is 3. The molecule has 2 atom stereocenters. The van der Waals surface area contributed by atoms with Crippen molar-refractivity contribution in [3.63, 3.8) is 0 Å². The lowest BCUT2D eigenvalue weighted by Gasteiger charge is -2.30. The molecule has 2 bridgehead atoms. The molecule has 2 amide bonds. The van der Waals surface area contributed by atoms with E-state index in [0.717, 1.165) is 25.7 Å². The monoisotopic (exact) mass is 327 g/mol. The molecule has 0 spiro atoms. The van der Waals surface area contributed by atoms with Crippen molar-refractivity contribution in [1.29, 1.82) is 0 Å². The van der Waals surface area contributed by atoms with E-state index >= 15 is 0 Å². The Morgan fingerprint density at radius 3 is 2.42 bits per heavy atom. The number of rotatable bonds is 4. The molecular formula is C19H25N3O2. The highest BCUT2D eigenvalue weighted by atomic mass is 16.2. The lowest BCUT2D eigenvalue weighted by Crippen LogP contribution is -2.48. The molecule has 5 nitrogen and oxygen atoms in total. The molecular weight excluding hydrogens is 302 g/mol. The maximum absolute atomic E-state index is 12.8. The summed E-state index contributed by atoms with van der Waals surface area (Å²) in [6, 6.07) is 8.74. The van der Waals surface area contributed by atoms with Gasteiger partial charge in [-0.05, 0) is 50.7 Å². The third kappa shape index (κ3) is 3.05. The van der Waals surface area contributed by atoms with Crippen molar-refractivity contribution < 1.29 is 9.59 Å². The minimum absolute atomic E-state index is 0.0626. The summed E-state index contributed by atoms with van der Waals surface area (Å²) in [6.45, 7) is 0. The molecule has 0 radical (unpaired) electrons. The number of nitrogens with one attached hydrogen (secondary N) is 2. The number of benzene rings is 1. The molecule has 2 aliphatic heterocycles. The van der Waals surface area contributed by atoms with E-state index in [1.54, 1.807) is 11.9 Å². The minimum atomic E-state index is -0.0626. The zero-order valence-electron chi connectivity index (χ0n) is 14.1. The highest BCUT2D eigenvalue weighted by molar-refractivity contribution is 6.05. The normalized spacial score (nSPS) is 28.5. The lowest BCUT2D eigenvalue weighted by molar-refractivity contribution is -0.119. The number of fused-ring (bicyclic) bond motifs is 2. The van der Waals surface area contributed by atoms with Crippen LogP contribution < -0.4 is 15.5 Å². The van der Waals surface area contributed by atoms with E-state index in [4.69, 9.17) is 0 Å². The van der Waals surface area contributed by atoms with Crippen LogP contribution in [0, 0.1) is 5.92 Å². The maximum Gasteiger partial charge on any atom is 0.253 e. The van der Waals surface area contributed by atoms with Crippen molar-refractivity contribution >= 4 is 17.5 Å². The van der Waals surface area contributed by atoms with Gasteiger partial charge in [0.2, 0.25) is 5.91 Å². The minimum Gasteiger partial charge on any atom is -0.349 e. The van der Waals surface area contributed by atoms with E-state index in [2.05, 4.69) is 10.6 Å². The Kier molecular flexibility index (Phi) is 4.04. The molecule has 0 aromatic heterocycles. The highest BCUT2D eigenvalue weighted by Crippen LogP contribution is 2.33. The van der Waals surface area contributed by atoms with Gasteiger partial charge in [-0.1, -0.05) is 12.1 Å². The largest absolute Gasteiger partial charge is 0.349 e. The average molecular weight is 327 g/mol. The topological polar surface area (TPSA) is 61.4 Å². The summed E-state index contributed by atoms with van der Waals surface area (Å²) in [5.74, 6) is 0.202. The van der Waals surface area contributed by atoms with Gasteiger partial charge in [0.1, 0.15) is 0 Å². The smallest absolute Gasteiger partial charge is 0.253 e. The van der Waals surface area contributed by atoms with Gasteiger partial charge in [-0.3, -0.25) is 9.59 Å². The Morgan fingerprint density at radius 2 is 1.75 bits per heavy atom. The number of carbonyl (C=O) groups excluding carboxylic acids is 2. The zero-order valence-corrected chi connectivity index (χ0v) is 14.1. The van der Waals surface area contributed by atoms with Crippen LogP contribution in [0.25, 0.3) is 0 Å². The van der Waals surface area contributed by atoms with Gasteiger partial charge in [0, 0.05) is 31.1 Å². The van der Waals surface area contributed by atoms with Gasteiger partial charge in [-0.25, -0.2) is 0 Å². The molecule has 128 valence electrons. The quantitative estimate of drug-likeness (QED) is 0.890. The van der Waals surface area contributed by atoms with E-state index in [0.29, 0.717) is 23.3 Å². The summed E-state index contributed by atoms with van der Waals surface area (Å²) in [7, 11) is 1.78. The number of para-hydroxylation sites is 1. The Hall–Kier alpha value is -1.88. The van der Waals surface area contributed by atoms with Crippen LogP contribution in [0.3, 0.4) is 0 Å². The predicted octanol–water partition coefficient (Wildman–Crippen LogP) is 2.07. The van der Waals surface area contributed by atoms with Crippen molar-refractivity contribution in [2.24, 2.45) is 5.92 Å². The van der Waals surface area contributed by atoms with Gasteiger partial charge < -0.3 is 15.5 Å². The predicted molar refractivity (Wildman–Crippen MR) is 93.0 cm³/mol. The Morgan fingerprint density at radius 1 is 1.08 bits per heavy atom.